The third-order valence-corrected chi connectivity index (χ3v) is 2.48. The molecule has 2 rings (SSSR count). The van der Waals surface area contributed by atoms with Crippen LogP contribution in [-0.2, 0) is 0 Å². The quantitative estimate of drug-likeness (QED) is 0.488. The van der Waals surface area contributed by atoms with Crippen molar-refractivity contribution >= 4 is 11.0 Å². The summed E-state index contributed by atoms with van der Waals surface area (Å²) in [4.78, 5) is 24.7. The number of aromatic amines is 1. The maximum absolute atomic E-state index is 11.1. The summed E-state index contributed by atoms with van der Waals surface area (Å²) < 4.78 is 0.376. The van der Waals surface area contributed by atoms with Gasteiger partial charge in [0.25, 0.3) is 0 Å². The Bertz CT molecular complexity index is 652. The van der Waals surface area contributed by atoms with Gasteiger partial charge in [0.1, 0.15) is 5.52 Å². The zero-order valence-electron chi connectivity index (χ0n) is 8.37. The zero-order valence-corrected chi connectivity index (χ0v) is 8.37. The van der Waals surface area contributed by atoms with Crippen molar-refractivity contribution in [2.24, 2.45) is 0 Å². The Morgan fingerprint density at radius 1 is 1.20 bits per heavy atom. The molecule has 15 heavy (non-hydrogen) atoms. The van der Waals surface area contributed by atoms with Crippen LogP contribution in [0.4, 0.5) is 0 Å². The highest BCUT2D eigenvalue weighted by Crippen LogP contribution is 2.14. The zero-order chi connectivity index (χ0) is 11.2. The summed E-state index contributed by atoms with van der Waals surface area (Å²) in [6.07, 6.45) is 0. The smallest absolute Gasteiger partial charge is 0.348 e. The molecule has 1 aromatic carbocycles. The molecule has 0 unspecified atom stereocenters. The highest BCUT2D eigenvalue weighted by molar-refractivity contribution is 5.76. The first-order chi connectivity index (χ1) is 7.00. The van der Waals surface area contributed by atoms with Gasteiger partial charge < -0.3 is 10.2 Å². The second-order valence-corrected chi connectivity index (χ2v) is 3.52. The van der Waals surface area contributed by atoms with Crippen LogP contribution in [0, 0.1) is 13.8 Å². The minimum atomic E-state index is -0.967. The highest BCUT2D eigenvalue weighted by Gasteiger charge is 2.07. The van der Waals surface area contributed by atoms with Crippen LogP contribution < -0.4 is 11.1 Å². The van der Waals surface area contributed by atoms with Crippen molar-refractivity contribution in [3.63, 3.8) is 0 Å². The van der Waals surface area contributed by atoms with Crippen molar-refractivity contribution in [2.45, 2.75) is 13.8 Å². The molecule has 5 heteroatoms. The van der Waals surface area contributed by atoms with E-state index >= 15 is 0 Å². The number of H-pyrrole nitrogens is 1. The van der Waals surface area contributed by atoms with Gasteiger partial charge in [-0.2, -0.15) is 0 Å². The topological polar surface area (TPSA) is 75.1 Å². The van der Waals surface area contributed by atoms with Gasteiger partial charge >= 0.3 is 11.1 Å². The maximum Gasteiger partial charge on any atom is 0.348 e. The van der Waals surface area contributed by atoms with Crippen LogP contribution >= 0.6 is 0 Å². The molecule has 78 valence electrons. The molecular weight excluding hydrogens is 196 g/mol. The minimum Gasteiger partial charge on any atom is -0.425 e. The Kier molecular flexibility index (Phi) is 1.89. The Balaban J connectivity index is 3.06. The average Bonchev–Trinajstić information content (AvgIpc) is 2.19. The van der Waals surface area contributed by atoms with E-state index in [2.05, 4.69) is 4.98 Å². The van der Waals surface area contributed by atoms with E-state index in [4.69, 9.17) is 0 Å². The van der Waals surface area contributed by atoms with Crippen LogP contribution in [0.1, 0.15) is 11.1 Å². The molecule has 1 aromatic heterocycles. The first-order valence-electron chi connectivity index (χ1n) is 4.46. The van der Waals surface area contributed by atoms with Crippen molar-refractivity contribution < 1.29 is 5.21 Å². The molecule has 0 radical (unpaired) electrons. The van der Waals surface area contributed by atoms with E-state index in [1.54, 1.807) is 12.1 Å². The van der Waals surface area contributed by atoms with Gasteiger partial charge in [-0.1, -0.05) is 0 Å². The molecule has 0 saturated carbocycles. The lowest BCUT2D eigenvalue weighted by molar-refractivity contribution is 0.186. The summed E-state index contributed by atoms with van der Waals surface area (Å²) in [5, 5.41) is 9.44. The number of fused-ring (bicyclic) bond motifs is 1. The fraction of sp³-hybridized carbons (Fsp3) is 0.200. The van der Waals surface area contributed by atoms with Gasteiger partial charge in [-0.15, -0.1) is 4.73 Å². The van der Waals surface area contributed by atoms with E-state index in [0.717, 1.165) is 11.1 Å². The molecule has 0 spiro atoms. The summed E-state index contributed by atoms with van der Waals surface area (Å²) in [5.41, 5.74) is 0.889. The third kappa shape index (κ3) is 1.32. The van der Waals surface area contributed by atoms with E-state index in [1.807, 2.05) is 13.8 Å². The largest absolute Gasteiger partial charge is 0.425 e. The number of hydrogen-bond donors (Lipinski definition) is 2. The van der Waals surface area contributed by atoms with E-state index in [9.17, 15) is 14.8 Å². The second-order valence-electron chi connectivity index (χ2n) is 3.52. The molecule has 0 aliphatic carbocycles. The molecule has 0 aliphatic heterocycles. The van der Waals surface area contributed by atoms with Crippen LogP contribution in [0.15, 0.2) is 21.7 Å². The first kappa shape index (κ1) is 9.51. The lowest BCUT2D eigenvalue weighted by Crippen LogP contribution is -2.35. The number of benzene rings is 1. The van der Waals surface area contributed by atoms with Crippen molar-refractivity contribution in [1.29, 1.82) is 0 Å². The SMILES string of the molecule is Cc1cc2[nH]c(=O)c(=O)n(O)c2cc1C. The summed E-state index contributed by atoms with van der Waals surface area (Å²) in [6.45, 7) is 3.75. The van der Waals surface area contributed by atoms with Gasteiger partial charge in [-0.05, 0) is 37.1 Å². The Hall–Kier alpha value is -2.04. The number of nitrogens with zero attached hydrogens (tertiary/aromatic N) is 1. The van der Waals surface area contributed by atoms with Gasteiger partial charge in [0, 0.05) is 0 Å². The first-order valence-corrected chi connectivity index (χ1v) is 4.46. The molecule has 1 heterocycles. The molecule has 0 atom stereocenters. The van der Waals surface area contributed by atoms with Gasteiger partial charge in [0.2, 0.25) is 0 Å². The maximum atomic E-state index is 11.1. The fourth-order valence-corrected chi connectivity index (χ4v) is 1.46. The van der Waals surface area contributed by atoms with Gasteiger partial charge in [0.05, 0.1) is 5.52 Å². The monoisotopic (exact) mass is 206 g/mol. The van der Waals surface area contributed by atoms with Crippen molar-refractivity contribution in [2.75, 3.05) is 0 Å². The Morgan fingerprint density at radius 2 is 1.80 bits per heavy atom. The Labute approximate surface area is 84.6 Å². The van der Waals surface area contributed by atoms with E-state index in [1.165, 1.54) is 0 Å². The molecule has 5 nitrogen and oxygen atoms in total. The molecule has 2 aromatic rings. The van der Waals surface area contributed by atoms with Gasteiger partial charge in [0.15, 0.2) is 0 Å². The molecule has 0 bridgehead atoms. The fourth-order valence-electron chi connectivity index (χ4n) is 1.46. The summed E-state index contributed by atoms with van der Waals surface area (Å²) in [6, 6.07) is 3.38. The lowest BCUT2D eigenvalue weighted by Gasteiger charge is -2.05. The van der Waals surface area contributed by atoms with E-state index in [-0.39, 0.29) is 0 Å². The highest BCUT2D eigenvalue weighted by atomic mass is 16.5. The van der Waals surface area contributed by atoms with Crippen LogP contribution in [0.3, 0.4) is 0 Å². The molecule has 0 amide bonds. The third-order valence-electron chi connectivity index (χ3n) is 2.48. The second kappa shape index (κ2) is 2.98. The van der Waals surface area contributed by atoms with Crippen LogP contribution in [0.25, 0.3) is 11.0 Å². The molecular formula is C10H10N2O3. The number of nitrogens with one attached hydrogen (secondary N) is 1. The van der Waals surface area contributed by atoms with Gasteiger partial charge in [-0.25, -0.2) is 0 Å². The van der Waals surface area contributed by atoms with E-state index in [0.29, 0.717) is 15.8 Å². The van der Waals surface area contributed by atoms with Crippen molar-refractivity contribution in [3.05, 3.63) is 44.0 Å². The Morgan fingerprint density at radius 3 is 2.47 bits per heavy atom. The number of aromatic nitrogens is 2. The molecule has 0 aliphatic rings. The summed E-state index contributed by atoms with van der Waals surface area (Å²) in [7, 11) is 0. The standard InChI is InChI=1S/C10H10N2O3/c1-5-3-7-8(4-6(5)2)12(15)10(14)9(13)11-7/h3-4,15H,1-2H3,(H,11,13). The number of hydrogen-bond acceptors (Lipinski definition) is 3. The molecule has 0 fully saturated rings. The number of aryl methyl sites for hydroxylation is 2. The predicted octanol–water partition coefficient (Wildman–Crippen LogP) is 0.544. The summed E-state index contributed by atoms with van der Waals surface area (Å²) in [5.74, 6) is 0. The predicted molar refractivity (Wildman–Crippen MR) is 55.5 cm³/mol. The molecule has 0 saturated heterocycles. The van der Waals surface area contributed by atoms with Crippen LogP contribution in [0.5, 0.6) is 0 Å². The molecule has 2 N–H and O–H groups in total. The summed E-state index contributed by atoms with van der Waals surface area (Å²) >= 11 is 0. The lowest BCUT2D eigenvalue weighted by atomic mass is 10.1. The average molecular weight is 206 g/mol. The van der Waals surface area contributed by atoms with Crippen molar-refractivity contribution in [3.8, 4) is 0 Å². The van der Waals surface area contributed by atoms with Crippen LogP contribution in [-0.4, -0.2) is 14.9 Å². The van der Waals surface area contributed by atoms with E-state index < -0.39 is 11.1 Å². The normalized spacial score (nSPS) is 10.8. The number of rotatable bonds is 0. The van der Waals surface area contributed by atoms with Crippen molar-refractivity contribution in [1.82, 2.24) is 9.71 Å². The van der Waals surface area contributed by atoms with Gasteiger partial charge in [-0.3, -0.25) is 9.59 Å². The van der Waals surface area contributed by atoms with Crippen LogP contribution in [0.2, 0.25) is 0 Å². The minimum absolute atomic E-state index is 0.308.